The molecule has 162 valence electrons. The van der Waals surface area contributed by atoms with E-state index in [4.69, 9.17) is 22.4 Å². The van der Waals surface area contributed by atoms with Crippen molar-refractivity contribution < 1.29 is 8.42 Å². The van der Waals surface area contributed by atoms with Crippen LogP contribution in [0.2, 0.25) is 0 Å². The van der Waals surface area contributed by atoms with Gasteiger partial charge in [0.1, 0.15) is 5.82 Å². The van der Waals surface area contributed by atoms with Gasteiger partial charge in [-0.05, 0) is 55.1 Å². The lowest BCUT2D eigenvalue weighted by atomic mass is 10.0. The van der Waals surface area contributed by atoms with E-state index in [1.807, 2.05) is 0 Å². The minimum Gasteiger partial charge on any atom is -0.384 e. The molecule has 1 aliphatic rings. The Morgan fingerprint density at radius 1 is 1.30 bits per heavy atom. The van der Waals surface area contributed by atoms with E-state index in [2.05, 4.69) is 25.7 Å². The summed E-state index contributed by atoms with van der Waals surface area (Å²) in [6, 6.07) is 6.29. The topological polar surface area (TPSA) is 200 Å². The van der Waals surface area contributed by atoms with E-state index in [1.54, 1.807) is 24.4 Å². The van der Waals surface area contributed by atoms with Crippen LogP contribution in [-0.4, -0.2) is 38.4 Å². The molecule has 1 aromatic heterocycles. The van der Waals surface area contributed by atoms with Crippen molar-refractivity contribution >= 4 is 33.6 Å². The lowest BCUT2D eigenvalue weighted by Gasteiger charge is -2.24. The number of nitrogen functional groups attached to an aromatic ring is 1. The number of sulfonamides is 1. The van der Waals surface area contributed by atoms with E-state index < -0.39 is 10.0 Å². The number of aromatic nitrogens is 1. The average molecular weight is 452 g/mol. The summed E-state index contributed by atoms with van der Waals surface area (Å²) in [5, 5.41) is 12.9. The summed E-state index contributed by atoms with van der Waals surface area (Å²) >= 11 is 0.768. The van der Waals surface area contributed by atoms with Gasteiger partial charge >= 0.3 is 0 Å². The number of anilines is 1. The highest BCUT2D eigenvalue weighted by molar-refractivity contribution is 7.98. The molecule has 11 N–H and O–H groups in total. The molecular formula is C17H25N9O2S2. The number of pyridine rings is 1. The van der Waals surface area contributed by atoms with Gasteiger partial charge in [0.25, 0.3) is 0 Å². The van der Waals surface area contributed by atoms with Crippen molar-refractivity contribution in [2.24, 2.45) is 21.8 Å². The van der Waals surface area contributed by atoms with Crippen LogP contribution in [0.1, 0.15) is 18.4 Å². The number of amidine groups is 1. The molecule has 30 heavy (non-hydrogen) atoms. The molecule has 1 atom stereocenters. The number of hydrogen-bond donors (Lipinski definition) is 7. The molecule has 2 aromatic rings. The highest BCUT2D eigenvalue weighted by atomic mass is 32.2. The predicted octanol–water partition coefficient (Wildman–Crippen LogP) is -0.589. The molecule has 1 aliphatic heterocycles. The molecular weight excluding hydrogens is 426 g/mol. The largest absolute Gasteiger partial charge is 0.384 e. The molecule has 0 bridgehead atoms. The Kier molecular flexibility index (Phi) is 7.12. The third-order valence-corrected chi connectivity index (χ3v) is 7.04. The molecule has 1 fully saturated rings. The normalized spacial score (nSPS) is 17.7. The number of hydrazone groups is 1. The van der Waals surface area contributed by atoms with Crippen LogP contribution < -0.4 is 38.0 Å². The second-order valence-electron chi connectivity index (χ2n) is 6.70. The van der Waals surface area contributed by atoms with E-state index in [0.29, 0.717) is 29.1 Å². The summed E-state index contributed by atoms with van der Waals surface area (Å²) in [5.41, 5.74) is 15.5. The zero-order valence-corrected chi connectivity index (χ0v) is 17.8. The highest BCUT2D eigenvalue weighted by Gasteiger charge is 2.28. The molecule has 0 radical (unpaired) electrons. The molecule has 0 saturated carbocycles. The van der Waals surface area contributed by atoms with Crippen molar-refractivity contribution in [3.8, 4) is 11.1 Å². The Morgan fingerprint density at radius 3 is 2.70 bits per heavy atom. The van der Waals surface area contributed by atoms with Gasteiger partial charge < -0.3 is 16.8 Å². The molecule has 13 heteroatoms. The Balaban J connectivity index is 2.14. The Morgan fingerprint density at radius 2 is 2.10 bits per heavy atom. The first-order valence-corrected chi connectivity index (χ1v) is 11.5. The maximum Gasteiger partial charge on any atom is 0.242 e. The van der Waals surface area contributed by atoms with Gasteiger partial charge in [-0.15, -0.1) is 5.10 Å². The minimum absolute atomic E-state index is 0.0119. The fourth-order valence-corrected chi connectivity index (χ4v) is 5.66. The van der Waals surface area contributed by atoms with Crippen LogP contribution in [0.3, 0.4) is 0 Å². The number of nitrogens with two attached hydrogens (primary N) is 4. The molecule has 1 aromatic carbocycles. The van der Waals surface area contributed by atoms with E-state index in [0.717, 1.165) is 31.3 Å². The Bertz CT molecular complexity index is 1020. The highest BCUT2D eigenvalue weighted by Crippen LogP contribution is 2.35. The number of piperidine rings is 1. The molecule has 3 rings (SSSR count). The number of hydrogen-bond acceptors (Lipinski definition) is 10. The maximum absolute atomic E-state index is 13.1. The summed E-state index contributed by atoms with van der Waals surface area (Å²) in [6.07, 6.45) is 3.20. The summed E-state index contributed by atoms with van der Waals surface area (Å²) in [4.78, 5) is 4.35. The third-order valence-electron chi connectivity index (χ3n) is 4.69. The van der Waals surface area contributed by atoms with Crippen molar-refractivity contribution in [3.05, 3.63) is 36.0 Å². The van der Waals surface area contributed by atoms with Crippen molar-refractivity contribution in [1.82, 2.24) is 20.6 Å². The molecule has 0 aliphatic carbocycles. The number of hydrazine groups is 1. The average Bonchev–Trinajstić information content (AvgIpc) is 2.73. The van der Waals surface area contributed by atoms with Gasteiger partial charge in [0.2, 0.25) is 10.0 Å². The lowest BCUT2D eigenvalue weighted by Crippen LogP contribution is -2.45. The van der Waals surface area contributed by atoms with Crippen LogP contribution in [0.15, 0.2) is 45.4 Å². The first-order valence-electron chi connectivity index (χ1n) is 9.15. The van der Waals surface area contributed by atoms with Crippen LogP contribution >= 0.6 is 11.9 Å². The number of rotatable bonds is 7. The van der Waals surface area contributed by atoms with Crippen molar-refractivity contribution in [2.75, 3.05) is 18.8 Å². The van der Waals surface area contributed by atoms with E-state index in [1.165, 1.54) is 6.07 Å². The third kappa shape index (κ3) is 4.83. The van der Waals surface area contributed by atoms with E-state index >= 15 is 0 Å². The van der Waals surface area contributed by atoms with Gasteiger partial charge in [-0.1, -0.05) is 6.07 Å². The molecule has 0 spiro atoms. The fraction of sp³-hybridized carbons (Fsp3) is 0.294. The van der Waals surface area contributed by atoms with Crippen LogP contribution in [0.25, 0.3) is 11.1 Å². The Labute approximate surface area is 179 Å². The van der Waals surface area contributed by atoms with Gasteiger partial charge in [-0.2, -0.15) is 0 Å². The van der Waals surface area contributed by atoms with Crippen LogP contribution in [0.5, 0.6) is 0 Å². The smallest absolute Gasteiger partial charge is 0.242 e. The molecule has 1 unspecified atom stereocenters. The second kappa shape index (κ2) is 9.59. The SMILES string of the molecule is NN/N=C(\N)c1c(-c2ccc(N)nc2)ccc(S(=O)(=O)NC2CCCNC2)c1SN. The molecule has 11 nitrogen and oxygen atoms in total. The monoisotopic (exact) mass is 451 g/mol. The standard InChI is InChI=1S/C17H25N9O2S2/c18-14-6-3-10(8-23-14)12-4-5-13(16(29-21)15(12)17(19)24-26-20)30(27,28)25-11-2-1-7-22-9-11/h3-6,8,11,22,25-26H,1-2,7,9,20-21H2,(H2,18,23)(H2,19,24). The van der Waals surface area contributed by atoms with E-state index in [9.17, 15) is 8.42 Å². The number of nitrogens with zero attached hydrogens (tertiary/aromatic N) is 2. The van der Waals surface area contributed by atoms with Gasteiger partial charge in [-0.25, -0.2) is 29.5 Å². The predicted molar refractivity (Wildman–Crippen MR) is 118 cm³/mol. The first kappa shape index (κ1) is 22.3. The van der Waals surface area contributed by atoms with Gasteiger partial charge in [0, 0.05) is 29.9 Å². The first-order chi connectivity index (χ1) is 14.4. The van der Waals surface area contributed by atoms with Crippen molar-refractivity contribution in [2.45, 2.75) is 28.7 Å². The zero-order chi connectivity index (χ0) is 21.7. The van der Waals surface area contributed by atoms with Crippen LogP contribution in [0, 0.1) is 0 Å². The van der Waals surface area contributed by atoms with Crippen LogP contribution in [-0.2, 0) is 10.0 Å². The number of nitrogens with one attached hydrogen (secondary N) is 3. The summed E-state index contributed by atoms with van der Waals surface area (Å²) in [6.45, 7) is 1.43. The maximum atomic E-state index is 13.1. The minimum atomic E-state index is -3.87. The quantitative estimate of drug-likeness (QED) is 0.0938. The summed E-state index contributed by atoms with van der Waals surface area (Å²) in [5.74, 6) is 5.62. The fourth-order valence-electron chi connectivity index (χ4n) is 3.31. The van der Waals surface area contributed by atoms with Gasteiger partial charge in [0.05, 0.1) is 9.79 Å². The lowest BCUT2D eigenvalue weighted by molar-refractivity contribution is 0.428. The number of benzene rings is 1. The van der Waals surface area contributed by atoms with Crippen molar-refractivity contribution in [1.29, 1.82) is 0 Å². The molecule has 1 saturated heterocycles. The molecule has 2 heterocycles. The zero-order valence-electron chi connectivity index (χ0n) is 16.1. The van der Waals surface area contributed by atoms with E-state index in [-0.39, 0.29) is 21.7 Å². The van der Waals surface area contributed by atoms with Gasteiger partial charge in [0.15, 0.2) is 5.84 Å². The summed E-state index contributed by atoms with van der Waals surface area (Å²) < 4.78 is 29.0. The Hall–Kier alpha value is -2.42. The molecule has 0 amide bonds. The second-order valence-corrected chi connectivity index (χ2v) is 9.02. The summed E-state index contributed by atoms with van der Waals surface area (Å²) in [7, 11) is -3.87. The van der Waals surface area contributed by atoms with Crippen molar-refractivity contribution in [3.63, 3.8) is 0 Å². The van der Waals surface area contributed by atoms with Crippen LogP contribution in [0.4, 0.5) is 5.82 Å². The van der Waals surface area contributed by atoms with Gasteiger partial charge in [-0.3, -0.25) is 5.14 Å².